The highest BCUT2D eigenvalue weighted by atomic mass is 32.2. The minimum atomic E-state index is 0.304. The van der Waals surface area contributed by atoms with Gasteiger partial charge in [-0.1, -0.05) is 5.16 Å². The number of rotatable bonds is 3. The second kappa shape index (κ2) is 4.74. The molecular weight excluding hydrogens is 250 g/mol. The highest BCUT2D eigenvalue weighted by Crippen LogP contribution is 2.32. The molecule has 18 heavy (non-hydrogen) atoms. The lowest BCUT2D eigenvalue weighted by molar-refractivity contribution is 0.344. The number of nitrogens with zero attached hydrogens (tertiary/aromatic N) is 4. The fourth-order valence-corrected chi connectivity index (χ4v) is 3.54. The number of thioether (sulfide) groups is 1. The van der Waals surface area contributed by atoms with E-state index in [1.165, 1.54) is 0 Å². The molecule has 1 N–H and O–H groups in total. The van der Waals surface area contributed by atoms with Crippen LogP contribution < -0.4 is 5.32 Å². The summed E-state index contributed by atoms with van der Waals surface area (Å²) >= 11 is 1.91. The Morgan fingerprint density at radius 1 is 1.50 bits per heavy atom. The maximum Gasteiger partial charge on any atom is 0.232 e. The van der Waals surface area contributed by atoms with E-state index in [4.69, 9.17) is 4.52 Å². The summed E-state index contributed by atoms with van der Waals surface area (Å²) in [5.74, 6) is 3.76. The first-order chi connectivity index (χ1) is 8.78. The average molecular weight is 265 g/mol. The molecule has 0 aliphatic carbocycles. The van der Waals surface area contributed by atoms with Crippen LogP contribution in [-0.4, -0.2) is 44.5 Å². The van der Waals surface area contributed by atoms with Crippen LogP contribution >= 0.6 is 11.8 Å². The lowest BCUT2D eigenvalue weighted by Gasteiger charge is -2.13. The molecule has 2 unspecified atom stereocenters. The molecule has 1 aliphatic rings. The lowest BCUT2D eigenvalue weighted by Crippen LogP contribution is -2.30. The highest BCUT2D eigenvalue weighted by Gasteiger charge is 2.32. The van der Waals surface area contributed by atoms with Gasteiger partial charge in [0.15, 0.2) is 0 Å². The zero-order valence-electron chi connectivity index (χ0n) is 10.3. The van der Waals surface area contributed by atoms with Crippen LogP contribution in [0.3, 0.4) is 0 Å². The molecule has 96 valence electrons. The Hall–Kier alpha value is -1.34. The SMILES string of the molecule is CNC1CSCC1c1nc(-c2cnn(C)c2)no1. The minimum Gasteiger partial charge on any atom is -0.339 e. The van der Waals surface area contributed by atoms with E-state index in [1.54, 1.807) is 10.9 Å². The molecule has 2 aromatic rings. The molecule has 3 rings (SSSR count). The molecule has 0 aromatic carbocycles. The van der Waals surface area contributed by atoms with Crippen molar-refractivity contribution in [3.05, 3.63) is 18.3 Å². The number of hydrogen-bond acceptors (Lipinski definition) is 6. The second-order valence-electron chi connectivity index (χ2n) is 4.40. The van der Waals surface area contributed by atoms with E-state index in [9.17, 15) is 0 Å². The van der Waals surface area contributed by atoms with Gasteiger partial charge in [0, 0.05) is 30.8 Å². The molecule has 0 saturated carbocycles. The predicted molar refractivity (Wildman–Crippen MR) is 69.4 cm³/mol. The molecule has 0 bridgehead atoms. The third-order valence-corrected chi connectivity index (χ3v) is 4.36. The van der Waals surface area contributed by atoms with Crippen LogP contribution in [0.5, 0.6) is 0 Å². The van der Waals surface area contributed by atoms with Gasteiger partial charge >= 0.3 is 0 Å². The van der Waals surface area contributed by atoms with Gasteiger partial charge in [0.05, 0.1) is 17.7 Å². The van der Waals surface area contributed by atoms with Gasteiger partial charge in [-0.15, -0.1) is 0 Å². The van der Waals surface area contributed by atoms with E-state index < -0.39 is 0 Å². The van der Waals surface area contributed by atoms with Gasteiger partial charge in [-0.25, -0.2) is 0 Å². The van der Waals surface area contributed by atoms with Crippen molar-refractivity contribution >= 4 is 11.8 Å². The predicted octanol–water partition coefficient (Wildman–Crippen LogP) is 0.888. The molecule has 3 heterocycles. The molecule has 0 amide bonds. The zero-order chi connectivity index (χ0) is 12.5. The van der Waals surface area contributed by atoms with Crippen molar-refractivity contribution in [2.24, 2.45) is 7.05 Å². The van der Waals surface area contributed by atoms with Crippen molar-refractivity contribution in [2.45, 2.75) is 12.0 Å². The summed E-state index contributed by atoms with van der Waals surface area (Å²) in [6.45, 7) is 0. The molecule has 1 fully saturated rings. The Balaban J connectivity index is 1.85. The van der Waals surface area contributed by atoms with Gasteiger partial charge in [0.1, 0.15) is 0 Å². The van der Waals surface area contributed by atoms with Crippen LogP contribution in [0.2, 0.25) is 0 Å². The van der Waals surface area contributed by atoms with E-state index in [-0.39, 0.29) is 0 Å². The molecule has 2 aromatic heterocycles. The molecule has 1 aliphatic heterocycles. The minimum absolute atomic E-state index is 0.304. The fourth-order valence-electron chi connectivity index (χ4n) is 2.12. The molecular formula is C11H15N5OS. The van der Waals surface area contributed by atoms with Gasteiger partial charge in [-0.2, -0.15) is 21.8 Å². The first-order valence-corrected chi connectivity index (χ1v) is 7.01. The lowest BCUT2D eigenvalue weighted by atomic mass is 10.0. The first-order valence-electron chi connectivity index (χ1n) is 5.85. The summed E-state index contributed by atoms with van der Waals surface area (Å²) in [5.41, 5.74) is 0.888. The summed E-state index contributed by atoms with van der Waals surface area (Å²) < 4.78 is 7.12. The maximum absolute atomic E-state index is 5.39. The van der Waals surface area contributed by atoms with E-state index in [1.807, 2.05) is 32.1 Å². The van der Waals surface area contributed by atoms with Crippen LogP contribution in [0, 0.1) is 0 Å². The summed E-state index contributed by atoms with van der Waals surface area (Å²) in [4.78, 5) is 4.49. The van der Waals surface area contributed by atoms with Crippen LogP contribution in [0.4, 0.5) is 0 Å². The van der Waals surface area contributed by atoms with Gasteiger partial charge in [0.2, 0.25) is 11.7 Å². The van der Waals surface area contributed by atoms with Crippen LogP contribution in [-0.2, 0) is 7.05 Å². The molecule has 0 radical (unpaired) electrons. The van der Waals surface area contributed by atoms with Gasteiger partial charge in [-0.05, 0) is 7.05 Å². The van der Waals surface area contributed by atoms with Crippen molar-refractivity contribution in [3.63, 3.8) is 0 Å². The Morgan fingerprint density at radius 3 is 3.11 bits per heavy atom. The van der Waals surface area contributed by atoms with E-state index in [0.717, 1.165) is 23.0 Å². The summed E-state index contributed by atoms with van der Waals surface area (Å²) in [7, 11) is 3.84. The molecule has 7 heteroatoms. The topological polar surface area (TPSA) is 68.8 Å². The number of likely N-dealkylation sites (N-methyl/N-ethyl adjacent to an activating group) is 1. The Labute approximate surface area is 109 Å². The van der Waals surface area contributed by atoms with E-state index >= 15 is 0 Å². The molecule has 2 atom stereocenters. The van der Waals surface area contributed by atoms with Gasteiger partial charge < -0.3 is 9.84 Å². The van der Waals surface area contributed by atoms with Crippen molar-refractivity contribution in [1.82, 2.24) is 25.2 Å². The monoisotopic (exact) mass is 265 g/mol. The summed E-state index contributed by atoms with van der Waals surface area (Å²) in [6, 6.07) is 0.414. The Kier molecular flexibility index (Phi) is 3.09. The number of aryl methyl sites for hydroxylation is 1. The van der Waals surface area contributed by atoms with Crippen molar-refractivity contribution < 1.29 is 4.52 Å². The third kappa shape index (κ3) is 2.04. The largest absolute Gasteiger partial charge is 0.339 e. The number of aromatic nitrogens is 4. The van der Waals surface area contributed by atoms with Crippen molar-refractivity contribution in [1.29, 1.82) is 0 Å². The normalized spacial score (nSPS) is 23.7. The highest BCUT2D eigenvalue weighted by molar-refractivity contribution is 7.99. The van der Waals surface area contributed by atoms with Gasteiger partial charge in [0.25, 0.3) is 0 Å². The summed E-state index contributed by atoms with van der Waals surface area (Å²) in [6.07, 6.45) is 3.63. The number of nitrogens with one attached hydrogen (secondary N) is 1. The average Bonchev–Trinajstić information content (AvgIpc) is 3.07. The van der Waals surface area contributed by atoms with Gasteiger partial charge in [-0.3, -0.25) is 4.68 Å². The smallest absolute Gasteiger partial charge is 0.232 e. The summed E-state index contributed by atoms with van der Waals surface area (Å²) in [5, 5.41) is 11.4. The zero-order valence-corrected chi connectivity index (χ0v) is 11.1. The van der Waals surface area contributed by atoms with Crippen LogP contribution in [0.15, 0.2) is 16.9 Å². The number of hydrogen-bond donors (Lipinski definition) is 1. The Bertz CT molecular complexity index is 537. The second-order valence-corrected chi connectivity index (χ2v) is 5.47. The van der Waals surface area contributed by atoms with Crippen molar-refractivity contribution in [2.75, 3.05) is 18.6 Å². The van der Waals surface area contributed by atoms with Crippen molar-refractivity contribution in [3.8, 4) is 11.4 Å². The van der Waals surface area contributed by atoms with E-state index in [2.05, 4.69) is 20.6 Å². The standard InChI is InChI=1S/C11H15N5OS/c1-12-9-6-18-5-8(9)11-14-10(15-17-11)7-3-13-16(2)4-7/h3-4,8-9,12H,5-6H2,1-2H3. The van der Waals surface area contributed by atoms with Crippen LogP contribution in [0.25, 0.3) is 11.4 Å². The Morgan fingerprint density at radius 2 is 2.39 bits per heavy atom. The maximum atomic E-state index is 5.39. The quantitative estimate of drug-likeness (QED) is 0.889. The third-order valence-electron chi connectivity index (χ3n) is 3.17. The first kappa shape index (κ1) is 11.7. The molecule has 0 spiro atoms. The fraction of sp³-hybridized carbons (Fsp3) is 0.545. The molecule has 6 nitrogen and oxygen atoms in total. The van der Waals surface area contributed by atoms with Crippen LogP contribution in [0.1, 0.15) is 11.8 Å². The molecule has 1 saturated heterocycles. The van der Waals surface area contributed by atoms with E-state index in [0.29, 0.717) is 17.8 Å².